The molecule has 102 valence electrons. The fourth-order valence-electron chi connectivity index (χ4n) is 2.19. The lowest BCUT2D eigenvalue weighted by atomic mass is 10.2. The van der Waals surface area contributed by atoms with Crippen molar-refractivity contribution in [1.82, 2.24) is 24.9 Å². The second-order valence-corrected chi connectivity index (χ2v) is 4.75. The Morgan fingerprint density at radius 1 is 1.21 bits per heavy atom. The van der Waals surface area contributed by atoms with Gasteiger partial charge in [0.2, 0.25) is 0 Å². The number of amides is 1. The van der Waals surface area contributed by atoms with Crippen molar-refractivity contribution in [2.75, 3.05) is 0 Å². The Bertz CT molecular complexity index is 623. The van der Waals surface area contributed by atoms with Crippen molar-refractivity contribution < 1.29 is 4.79 Å². The van der Waals surface area contributed by atoms with Crippen LogP contribution in [0.25, 0.3) is 0 Å². The third-order valence-corrected chi connectivity index (χ3v) is 3.27. The van der Waals surface area contributed by atoms with Crippen LogP contribution in [0.3, 0.4) is 0 Å². The van der Waals surface area contributed by atoms with Crippen molar-refractivity contribution in [3.05, 3.63) is 34.4 Å². The Labute approximate surface area is 112 Å². The van der Waals surface area contributed by atoms with E-state index in [4.69, 9.17) is 0 Å². The van der Waals surface area contributed by atoms with Crippen LogP contribution in [0.1, 0.15) is 33.1 Å². The molecular formula is C13H19N5O. The first-order valence-corrected chi connectivity index (χ1v) is 6.18. The first-order chi connectivity index (χ1) is 8.90. The predicted molar refractivity (Wildman–Crippen MR) is 71.8 cm³/mol. The number of carbonyl (C=O) groups excluding carboxylic acids is 1. The number of rotatable bonds is 3. The average Bonchev–Trinajstić information content (AvgIpc) is 2.76. The van der Waals surface area contributed by atoms with Crippen LogP contribution in [0.5, 0.6) is 0 Å². The third-order valence-electron chi connectivity index (χ3n) is 3.27. The molecule has 0 radical (unpaired) electrons. The highest BCUT2D eigenvalue weighted by Crippen LogP contribution is 2.12. The molecule has 1 amide bonds. The lowest BCUT2D eigenvalue weighted by molar-refractivity contribution is 0.0948. The van der Waals surface area contributed by atoms with E-state index in [9.17, 15) is 4.79 Å². The number of nitrogens with one attached hydrogen (secondary N) is 1. The largest absolute Gasteiger partial charge is 0.346 e. The normalized spacial score (nSPS) is 10.8. The molecular weight excluding hydrogens is 242 g/mol. The van der Waals surface area contributed by atoms with Gasteiger partial charge < -0.3 is 5.32 Å². The molecule has 0 aromatic carbocycles. The SMILES string of the molecule is Cc1cc(CNC(=O)c2c(C)nn(C)c2C)n(C)n1. The van der Waals surface area contributed by atoms with Crippen molar-refractivity contribution in [2.45, 2.75) is 27.3 Å². The number of carbonyl (C=O) groups is 1. The van der Waals surface area contributed by atoms with E-state index in [0.29, 0.717) is 12.1 Å². The Balaban J connectivity index is 2.12. The monoisotopic (exact) mass is 261 g/mol. The summed E-state index contributed by atoms with van der Waals surface area (Å²) in [6, 6.07) is 1.96. The third kappa shape index (κ3) is 2.52. The second-order valence-electron chi connectivity index (χ2n) is 4.75. The zero-order valence-corrected chi connectivity index (χ0v) is 12.0. The summed E-state index contributed by atoms with van der Waals surface area (Å²) in [6.45, 7) is 6.13. The molecule has 2 rings (SSSR count). The molecule has 0 aliphatic carbocycles. The molecule has 19 heavy (non-hydrogen) atoms. The first-order valence-electron chi connectivity index (χ1n) is 6.18. The van der Waals surface area contributed by atoms with Crippen molar-refractivity contribution in [2.24, 2.45) is 14.1 Å². The van der Waals surface area contributed by atoms with E-state index in [2.05, 4.69) is 15.5 Å². The smallest absolute Gasteiger partial charge is 0.255 e. The molecule has 2 aromatic rings. The fourth-order valence-corrected chi connectivity index (χ4v) is 2.19. The molecule has 0 fully saturated rings. The van der Waals surface area contributed by atoms with E-state index in [-0.39, 0.29) is 5.91 Å². The average molecular weight is 261 g/mol. The van der Waals surface area contributed by atoms with E-state index in [0.717, 1.165) is 22.8 Å². The molecule has 0 aliphatic rings. The second kappa shape index (κ2) is 4.87. The van der Waals surface area contributed by atoms with Crippen LogP contribution in [-0.2, 0) is 20.6 Å². The molecule has 0 spiro atoms. The zero-order valence-electron chi connectivity index (χ0n) is 12.0. The highest BCUT2D eigenvalue weighted by Gasteiger charge is 2.17. The summed E-state index contributed by atoms with van der Waals surface area (Å²) >= 11 is 0. The standard InChI is InChI=1S/C13H19N5O/c1-8-6-11(18(5)15-8)7-14-13(19)12-9(2)16-17(4)10(12)3/h6H,7H2,1-5H3,(H,14,19). The number of hydrogen-bond acceptors (Lipinski definition) is 3. The molecule has 0 saturated heterocycles. The lowest BCUT2D eigenvalue weighted by Crippen LogP contribution is -2.25. The van der Waals surface area contributed by atoms with Crippen molar-refractivity contribution in [1.29, 1.82) is 0 Å². The van der Waals surface area contributed by atoms with Gasteiger partial charge in [-0.1, -0.05) is 0 Å². The number of hydrogen-bond donors (Lipinski definition) is 1. The molecule has 6 nitrogen and oxygen atoms in total. The number of aryl methyl sites for hydroxylation is 4. The van der Waals surface area contributed by atoms with Crippen LogP contribution in [0, 0.1) is 20.8 Å². The molecule has 2 aromatic heterocycles. The summed E-state index contributed by atoms with van der Waals surface area (Å²) in [5.74, 6) is -0.0954. The van der Waals surface area contributed by atoms with E-state index in [1.165, 1.54) is 0 Å². The number of aromatic nitrogens is 4. The molecule has 0 unspecified atom stereocenters. The summed E-state index contributed by atoms with van der Waals surface area (Å²) < 4.78 is 3.50. The molecule has 0 saturated carbocycles. The van der Waals surface area contributed by atoms with Crippen LogP contribution in [-0.4, -0.2) is 25.5 Å². The van der Waals surface area contributed by atoms with Gasteiger partial charge in [-0.3, -0.25) is 14.2 Å². The van der Waals surface area contributed by atoms with Gasteiger partial charge in [0, 0.05) is 19.8 Å². The Morgan fingerprint density at radius 2 is 1.89 bits per heavy atom. The van der Waals surface area contributed by atoms with Gasteiger partial charge in [0.15, 0.2) is 0 Å². The summed E-state index contributed by atoms with van der Waals surface area (Å²) in [6.07, 6.45) is 0. The zero-order chi connectivity index (χ0) is 14.2. The molecule has 0 aliphatic heterocycles. The van der Waals surface area contributed by atoms with Crippen LogP contribution in [0.15, 0.2) is 6.07 Å². The molecule has 0 atom stereocenters. The van der Waals surface area contributed by atoms with Crippen molar-refractivity contribution in [3.8, 4) is 0 Å². The quantitative estimate of drug-likeness (QED) is 0.896. The van der Waals surface area contributed by atoms with Crippen LogP contribution < -0.4 is 5.32 Å². The van der Waals surface area contributed by atoms with Crippen LogP contribution >= 0.6 is 0 Å². The van der Waals surface area contributed by atoms with Gasteiger partial charge in [0.25, 0.3) is 5.91 Å². The van der Waals surface area contributed by atoms with E-state index in [1.54, 1.807) is 9.36 Å². The maximum atomic E-state index is 12.2. The minimum atomic E-state index is -0.0954. The molecule has 1 N–H and O–H groups in total. The van der Waals surface area contributed by atoms with Gasteiger partial charge >= 0.3 is 0 Å². The maximum absolute atomic E-state index is 12.2. The predicted octanol–water partition coefficient (Wildman–Crippen LogP) is 1.01. The fraction of sp³-hybridized carbons (Fsp3) is 0.462. The van der Waals surface area contributed by atoms with Gasteiger partial charge in [-0.25, -0.2) is 0 Å². The van der Waals surface area contributed by atoms with Gasteiger partial charge in [-0.15, -0.1) is 0 Å². The molecule has 2 heterocycles. The summed E-state index contributed by atoms with van der Waals surface area (Å²) in [5.41, 5.74) is 4.20. The highest BCUT2D eigenvalue weighted by atomic mass is 16.1. The maximum Gasteiger partial charge on any atom is 0.255 e. The van der Waals surface area contributed by atoms with Gasteiger partial charge in [0.05, 0.1) is 29.2 Å². The number of nitrogens with zero attached hydrogens (tertiary/aromatic N) is 4. The molecule has 6 heteroatoms. The summed E-state index contributed by atoms with van der Waals surface area (Å²) in [4.78, 5) is 12.2. The summed E-state index contributed by atoms with van der Waals surface area (Å²) in [5, 5.41) is 11.4. The van der Waals surface area contributed by atoms with Crippen molar-refractivity contribution in [3.63, 3.8) is 0 Å². The Morgan fingerprint density at radius 3 is 2.37 bits per heavy atom. The van der Waals surface area contributed by atoms with Crippen LogP contribution in [0.2, 0.25) is 0 Å². The topological polar surface area (TPSA) is 64.7 Å². The lowest BCUT2D eigenvalue weighted by Gasteiger charge is -2.06. The van der Waals surface area contributed by atoms with Gasteiger partial charge in [0.1, 0.15) is 0 Å². The van der Waals surface area contributed by atoms with Gasteiger partial charge in [-0.2, -0.15) is 10.2 Å². The van der Waals surface area contributed by atoms with E-state index >= 15 is 0 Å². The first kappa shape index (κ1) is 13.3. The van der Waals surface area contributed by atoms with Gasteiger partial charge in [-0.05, 0) is 26.8 Å². The van der Waals surface area contributed by atoms with E-state index < -0.39 is 0 Å². The van der Waals surface area contributed by atoms with Crippen molar-refractivity contribution >= 4 is 5.91 Å². The molecule has 0 bridgehead atoms. The Kier molecular flexibility index (Phi) is 3.42. The highest BCUT2D eigenvalue weighted by molar-refractivity contribution is 5.96. The summed E-state index contributed by atoms with van der Waals surface area (Å²) in [7, 11) is 3.71. The Hall–Kier alpha value is -2.11. The van der Waals surface area contributed by atoms with E-state index in [1.807, 2.05) is 40.9 Å². The minimum Gasteiger partial charge on any atom is -0.346 e. The minimum absolute atomic E-state index is 0.0954. The van der Waals surface area contributed by atoms with Crippen LogP contribution in [0.4, 0.5) is 0 Å².